The van der Waals surface area contributed by atoms with E-state index in [1.165, 1.54) is 4.68 Å². The summed E-state index contributed by atoms with van der Waals surface area (Å²) in [4.78, 5) is 10.9. The van der Waals surface area contributed by atoms with Crippen molar-refractivity contribution in [2.45, 2.75) is 45.1 Å². The first-order valence-electron chi connectivity index (χ1n) is 5.63. The molecule has 0 aromatic carbocycles. The molecule has 2 atom stereocenters. The molecule has 1 saturated heterocycles. The van der Waals surface area contributed by atoms with Gasteiger partial charge < -0.3 is 15.6 Å². The average Bonchev–Trinajstić information content (AvgIpc) is 2.85. The molecular weight excluding hydrogens is 224 g/mol. The van der Waals surface area contributed by atoms with Gasteiger partial charge in [0.25, 0.3) is 0 Å². The van der Waals surface area contributed by atoms with Crippen LogP contribution >= 0.6 is 0 Å². The molecule has 3 N–H and O–H groups in total. The molecule has 1 aromatic heterocycles. The molecule has 17 heavy (non-hydrogen) atoms. The van der Waals surface area contributed by atoms with Crippen LogP contribution in [-0.2, 0) is 17.8 Å². The topological polar surface area (TPSA) is 103 Å². The third-order valence-corrected chi connectivity index (χ3v) is 2.93. The highest BCUT2D eigenvalue weighted by atomic mass is 16.5. The number of ether oxygens (including phenoxy) is 1. The number of nitrogens with two attached hydrogens (primary N) is 1. The van der Waals surface area contributed by atoms with Gasteiger partial charge in [-0.1, -0.05) is 5.21 Å². The molecule has 94 valence electrons. The van der Waals surface area contributed by atoms with Gasteiger partial charge in [-0.3, -0.25) is 0 Å². The quantitative estimate of drug-likeness (QED) is 0.768. The zero-order valence-corrected chi connectivity index (χ0v) is 9.67. The van der Waals surface area contributed by atoms with Crippen molar-refractivity contribution in [1.29, 1.82) is 0 Å². The number of nitrogens with zero attached hydrogens (tertiary/aromatic N) is 3. The van der Waals surface area contributed by atoms with E-state index in [-0.39, 0.29) is 24.4 Å². The zero-order valence-electron chi connectivity index (χ0n) is 9.67. The molecule has 2 heterocycles. The van der Waals surface area contributed by atoms with Gasteiger partial charge in [-0.15, -0.1) is 5.10 Å². The lowest BCUT2D eigenvalue weighted by atomic mass is 10.2. The maximum absolute atomic E-state index is 10.9. The van der Waals surface area contributed by atoms with Gasteiger partial charge in [0.1, 0.15) is 0 Å². The Labute approximate surface area is 98.5 Å². The van der Waals surface area contributed by atoms with Crippen LogP contribution in [0.3, 0.4) is 0 Å². The fourth-order valence-corrected chi connectivity index (χ4v) is 2.06. The third kappa shape index (κ3) is 2.45. The molecule has 0 aliphatic carbocycles. The fraction of sp³-hybridized carbons (Fsp3) is 0.700. The van der Waals surface area contributed by atoms with Gasteiger partial charge >= 0.3 is 5.97 Å². The van der Waals surface area contributed by atoms with Gasteiger partial charge in [-0.05, 0) is 19.8 Å². The molecule has 0 amide bonds. The molecule has 1 fully saturated rings. The molecule has 0 bridgehead atoms. The van der Waals surface area contributed by atoms with Gasteiger partial charge in [0.15, 0.2) is 5.69 Å². The third-order valence-electron chi connectivity index (χ3n) is 2.93. The Hall–Kier alpha value is -1.47. The normalized spacial score (nSPS) is 24.1. The van der Waals surface area contributed by atoms with Crippen LogP contribution < -0.4 is 5.73 Å². The van der Waals surface area contributed by atoms with Crippen molar-refractivity contribution in [3.63, 3.8) is 0 Å². The number of carboxylic acids is 1. The lowest BCUT2D eigenvalue weighted by Gasteiger charge is -2.12. The summed E-state index contributed by atoms with van der Waals surface area (Å²) in [5.74, 6) is -1.10. The maximum atomic E-state index is 10.9. The lowest BCUT2D eigenvalue weighted by molar-refractivity contribution is 0.0428. The standard InChI is InChI=1S/C10H16N4O3/c1-6-2-3-7(17-6)5-14-8(4-11)9(10(15)16)12-13-14/h6-7H,2-5,11H2,1H3,(H,15,16). The van der Waals surface area contributed by atoms with Crippen molar-refractivity contribution in [1.82, 2.24) is 15.0 Å². The van der Waals surface area contributed by atoms with Crippen molar-refractivity contribution >= 4 is 5.97 Å². The molecule has 0 saturated carbocycles. The summed E-state index contributed by atoms with van der Waals surface area (Å²) >= 11 is 0. The highest BCUT2D eigenvalue weighted by molar-refractivity contribution is 5.86. The van der Waals surface area contributed by atoms with Crippen molar-refractivity contribution in [3.8, 4) is 0 Å². The van der Waals surface area contributed by atoms with Crippen molar-refractivity contribution in [2.24, 2.45) is 5.73 Å². The van der Waals surface area contributed by atoms with Crippen LogP contribution in [0.25, 0.3) is 0 Å². The molecule has 2 rings (SSSR count). The van der Waals surface area contributed by atoms with Gasteiger partial charge in [0.05, 0.1) is 24.4 Å². The summed E-state index contributed by atoms with van der Waals surface area (Å²) < 4.78 is 7.19. The Morgan fingerprint density at radius 1 is 1.65 bits per heavy atom. The molecule has 1 aliphatic rings. The highest BCUT2D eigenvalue weighted by Crippen LogP contribution is 2.20. The minimum atomic E-state index is -1.10. The van der Waals surface area contributed by atoms with E-state index in [1.54, 1.807) is 0 Å². The number of aromatic carboxylic acids is 1. The summed E-state index contributed by atoms with van der Waals surface area (Å²) in [6, 6.07) is 0. The highest BCUT2D eigenvalue weighted by Gasteiger charge is 2.25. The second-order valence-corrected chi connectivity index (χ2v) is 4.22. The SMILES string of the molecule is CC1CCC(Cn2nnc(C(=O)O)c2CN)O1. The molecule has 1 aromatic rings. The minimum Gasteiger partial charge on any atom is -0.476 e. The first-order chi connectivity index (χ1) is 8.11. The van der Waals surface area contributed by atoms with E-state index in [2.05, 4.69) is 10.3 Å². The van der Waals surface area contributed by atoms with Gasteiger partial charge in [0, 0.05) is 6.54 Å². The second-order valence-electron chi connectivity index (χ2n) is 4.22. The largest absolute Gasteiger partial charge is 0.476 e. The summed E-state index contributed by atoms with van der Waals surface area (Å²) in [5.41, 5.74) is 5.90. The van der Waals surface area contributed by atoms with Crippen molar-refractivity contribution in [2.75, 3.05) is 0 Å². The van der Waals surface area contributed by atoms with E-state index in [9.17, 15) is 4.79 Å². The summed E-state index contributed by atoms with van der Waals surface area (Å²) in [5, 5.41) is 16.4. The van der Waals surface area contributed by atoms with Crippen LogP contribution in [-0.4, -0.2) is 38.3 Å². The van der Waals surface area contributed by atoms with Crippen LogP contribution in [0, 0.1) is 0 Å². The zero-order chi connectivity index (χ0) is 12.4. The smallest absolute Gasteiger partial charge is 0.358 e. The number of aromatic nitrogens is 3. The summed E-state index contributed by atoms with van der Waals surface area (Å²) in [6.45, 7) is 2.64. The van der Waals surface area contributed by atoms with E-state index in [1.807, 2.05) is 6.92 Å². The molecule has 0 spiro atoms. The monoisotopic (exact) mass is 240 g/mol. The van der Waals surface area contributed by atoms with E-state index in [4.69, 9.17) is 15.6 Å². The first-order valence-corrected chi connectivity index (χ1v) is 5.63. The Balaban J connectivity index is 2.13. The van der Waals surface area contributed by atoms with Gasteiger partial charge in [-0.2, -0.15) is 0 Å². The molecule has 7 heteroatoms. The predicted molar refractivity (Wildman–Crippen MR) is 58.4 cm³/mol. The Bertz CT molecular complexity index is 418. The first kappa shape index (κ1) is 12.0. The molecule has 0 radical (unpaired) electrons. The number of hydrogen-bond acceptors (Lipinski definition) is 5. The molecular formula is C10H16N4O3. The molecule has 1 aliphatic heterocycles. The van der Waals surface area contributed by atoms with Gasteiger partial charge in [-0.25, -0.2) is 9.48 Å². The van der Waals surface area contributed by atoms with Crippen molar-refractivity contribution < 1.29 is 14.6 Å². The van der Waals surface area contributed by atoms with Gasteiger partial charge in [0.2, 0.25) is 0 Å². The number of rotatable bonds is 4. The van der Waals surface area contributed by atoms with E-state index in [0.717, 1.165) is 12.8 Å². The second kappa shape index (κ2) is 4.80. The summed E-state index contributed by atoms with van der Waals surface area (Å²) in [7, 11) is 0. The van der Waals surface area contributed by atoms with Crippen LogP contribution in [0.4, 0.5) is 0 Å². The number of hydrogen-bond donors (Lipinski definition) is 2. The van der Waals surface area contributed by atoms with Crippen LogP contribution in [0.15, 0.2) is 0 Å². The predicted octanol–water partition coefficient (Wildman–Crippen LogP) is 0.00250. The van der Waals surface area contributed by atoms with Crippen molar-refractivity contribution in [3.05, 3.63) is 11.4 Å². The molecule has 7 nitrogen and oxygen atoms in total. The summed E-state index contributed by atoms with van der Waals surface area (Å²) in [6.07, 6.45) is 2.29. The Morgan fingerprint density at radius 2 is 2.41 bits per heavy atom. The van der Waals surface area contributed by atoms with E-state index in [0.29, 0.717) is 12.2 Å². The Morgan fingerprint density at radius 3 is 2.94 bits per heavy atom. The van der Waals surface area contributed by atoms with Crippen LogP contribution in [0.5, 0.6) is 0 Å². The fourth-order valence-electron chi connectivity index (χ4n) is 2.06. The average molecular weight is 240 g/mol. The Kier molecular flexibility index (Phi) is 3.39. The van der Waals surface area contributed by atoms with E-state index < -0.39 is 5.97 Å². The minimum absolute atomic E-state index is 0.0682. The molecule has 2 unspecified atom stereocenters. The lowest BCUT2D eigenvalue weighted by Crippen LogP contribution is -2.21. The number of carbonyl (C=O) groups is 1. The number of carboxylic acid groups (broad SMARTS) is 1. The maximum Gasteiger partial charge on any atom is 0.358 e. The van der Waals surface area contributed by atoms with E-state index >= 15 is 0 Å². The van der Waals surface area contributed by atoms with Crippen LogP contribution in [0.1, 0.15) is 35.9 Å². The van der Waals surface area contributed by atoms with Crippen LogP contribution in [0.2, 0.25) is 0 Å².